The van der Waals surface area contributed by atoms with E-state index >= 15 is 0 Å². The highest BCUT2D eigenvalue weighted by Crippen LogP contribution is 2.40. The highest BCUT2D eigenvalue weighted by molar-refractivity contribution is 7.22. The van der Waals surface area contributed by atoms with Crippen molar-refractivity contribution < 1.29 is 14.3 Å². The molecular formula is C30H33NO3S. The van der Waals surface area contributed by atoms with E-state index in [0.717, 1.165) is 44.1 Å². The number of ether oxygens (including phenoxy) is 2. The summed E-state index contributed by atoms with van der Waals surface area (Å²) in [5.74, 6) is 1.59. The summed E-state index contributed by atoms with van der Waals surface area (Å²) < 4.78 is 12.4. The molecule has 1 heterocycles. The highest BCUT2D eigenvalue weighted by Gasteiger charge is 2.21. The molecule has 0 aliphatic heterocycles. The van der Waals surface area contributed by atoms with E-state index in [2.05, 4.69) is 38.7 Å². The van der Waals surface area contributed by atoms with Crippen molar-refractivity contribution in [2.24, 2.45) is 0 Å². The van der Waals surface area contributed by atoms with Crippen molar-refractivity contribution in [3.05, 3.63) is 83.9 Å². The van der Waals surface area contributed by atoms with Gasteiger partial charge in [0.15, 0.2) is 5.78 Å². The van der Waals surface area contributed by atoms with Gasteiger partial charge in [-0.05, 0) is 87.9 Å². The minimum Gasteiger partial charge on any atom is -0.497 e. The van der Waals surface area contributed by atoms with Crippen molar-refractivity contribution in [3.63, 3.8) is 0 Å². The van der Waals surface area contributed by atoms with Gasteiger partial charge in [0.2, 0.25) is 0 Å². The molecule has 0 unspecified atom stereocenters. The molecule has 0 saturated heterocycles. The number of nitrogens with zero attached hydrogens (tertiary/aromatic N) is 1. The predicted octanol–water partition coefficient (Wildman–Crippen LogP) is 7.31. The Morgan fingerprint density at radius 2 is 1.49 bits per heavy atom. The van der Waals surface area contributed by atoms with Crippen molar-refractivity contribution in [3.8, 4) is 21.9 Å². The first-order valence-corrected chi connectivity index (χ1v) is 12.9. The molecule has 0 amide bonds. The lowest BCUT2D eigenvalue weighted by molar-refractivity contribution is 0.104. The summed E-state index contributed by atoms with van der Waals surface area (Å²) in [5.41, 5.74) is 2.41. The van der Waals surface area contributed by atoms with E-state index in [1.54, 1.807) is 18.4 Å². The summed E-state index contributed by atoms with van der Waals surface area (Å²) in [6.07, 6.45) is 0. The monoisotopic (exact) mass is 487 g/mol. The van der Waals surface area contributed by atoms with Crippen molar-refractivity contribution in [1.82, 2.24) is 4.90 Å². The number of thiophene rings is 1. The molecule has 0 aliphatic rings. The molecule has 0 saturated carbocycles. The van der Waals surface area contributed by atoms with Gasteiger partial charge < -0.3 is 9.47 Å². The summed E-state index contributed by atoms with van der Waals surface area (Å²) in [7, 11) is 1.65. The molecule has 3 aromatic carbocycles. The molecule has 182 valence electrons. The first kappa shape index (κ1) is 25.0. The van der Waals surface area contributed by atoms with Crippen LogP contribution in [0.3, 0.4) is 0 Å². The highest BCUT2D eigenvalue weighted by atomic mass is 32.1. The lowest BCUT2D eigenvalue weighted by Crippen LogP contribution is -2.39. The molecular weight excluding hydrogens is 454 g/mol. The maximum Gasteiger partial charge on any atom is 0.195 e. The Morgan fingerprint density at radius 1 is 0.857 bits per heavy atom. The lowest BCUT2D eigenvalue weighted by atomic mass is 9.97. The minimum absolute atomic E-state index is 0.0191. The van der Waals surface area contributed by atoms with Crippen molar-refractivity contribution in [2.75, 3.05) is 20.3 Å². The van der Waals surface area contributed by atoms with E-state index in [1.165, 1.54) is 0 Å². The van der Waals surface area contributed by atoms with Gasteiger partial charge in [0.05, 0.1) is 7.11 Å². The van der Waals surface area contributed by atoms with Gasteiger partial charge in [-0.1, -0.05) is 18.2 Å². The zero-order valence-electron chi connectivity index (χ0n) is 21.1. The number of carbonyl (C=O) groups excluding carboxylic acids is 1. The zero-order chi connectivity index (χ0) is 24.9. The summed E-state index contributed by atoms with van der Waals surface area (Å²) >= 11 is 1.64. The summed E-state index contributed by atoms with van der Waals surface area (Å²) in [4.78, 5) is 17.1. The Kier molecular flexibility index (Phi) is 7.89. The number of carbonyl (C=O) groups is 1. The maximum absolute atomic E-state index is 13.7. The third-order valence-electron chi connectivity index (χ3n) is 6.24. The molecule has 35 heavy (non-hydrogen) atoms. The van der Waals surface area contributed by atoms with E-state index in [4.69, 9.17) is 9.47 Å². The molecule has 4 rings (SSSR count). The van der Waals surface area contributed by atoms with Gasteiger partial charge in [-0.25, -0.2) is 0 Å². The van der Waals surface area contributed by atoms with Crippen molar-refractivity contribution in [1.29, 1.82) is 0 Å². The van der Waals surface area contributed by atoms with Crippen LogP contribution in [0.1, 0.15) is 43.6 Å². The second kappa shape index (κ2) is 11.1. The second-order valence-electron chi connectivity index (χ2n) is 9.16. The zero-order valence-corrected chi connectivity index (χ0v) is 21.9. The number of ketones is 1. The van der Waals surface area contributed by atoms with Crippen LogP contribution in [0.5, 0.6) is 11.5 Å². The third-order valence-corrected chi connectivity index (χ3v) is 7.46. The van der Waals surface area contributed by atoms with Gasteiger partial charge in [-0.3, -0.25) is 9.69 Å². The minimum atomic E-state index is 0.0191. The third kappa shape index (κ3) is 5.58. The normalized spacial score (nSPS) is 11.5. The summed E-state index contributed by atoms with van der Waals surface area (Å²) in [6.45, 7) is 10.3. The standard InChI is InChI=1S/C30H33NO3S/c1-20(2)31(21(3)4)18-19-34-25-16-10-22(11-17-25)29(32)28-26-8-6-7-9-27(26)35-30(28)23-12-14-24(33-5)15-13-23/h6-17,20-21H,18-19H2,1-5H3. The van der Waals surface area contributed by atoms with Gasteiger partial charge in [0, 0.05) is 44.7 Å². The van der Waals surface area contributed by atoms with Gasteiger partial charge in [-0.2, -0.15) is 0 Å². The molecule has 1 aromatic heterocycles. The van der Waals surface area contributed by atoms with Crippen LogP contribution in [-0.2, 0) is 0 Å². The fourth-order valence-corrected chi connectivity index (χ4v) is 5.65. The van der Waals surface area contributed by atoms with Crippen LogP contribution < -0.4 is 9.47 Å². The Balaban J connectivity index is 1.57. The average molecular weight is 488 g/mol. The molecule has 0 spiro atoms. The van der Waals surface area contributed by atoms with Gasteiger partial charge >= 0.3 is 0 Å². The number of fused-ring (bicyclic) bond motifs is 1. The van der Waals surface area contributed by atoms with Crippen LogP contribution in [0, 0.1) is 0 Å². The molecule has 0 atom stereocenters. The number of hydrogen-bond acceptors (Lipinski definition) is 5. The SMILES string of the molecule is COc1ccc(-c2sc3ccccc3c2C(=O)c2ccc(OCCN(C(C)C)C(C)C)cc2)cc1. The summed E-state index contributed by atoms with van der Waals surface area (Å²) in [6, 6.07) is 24.4. The molecule has 0 aliphatic carbocycles. The van der Waals surface area contributed by atoms with Crippen molar-refractivity contribution >= 4 is 27.2 Å². The number of benzene rings is 3. The van der Waals surface area contributed by atoms with Crippen LogP contribution in [0.25, 0.3) is 20.5 Å². The Labute approximate surface area is 212 Å². The number of hydrogen-bond donors (Lipinski definition) is 0. The van der Waals surface area contributed by atoms with Crippen LogP contribution >= 0.6 is 11.3 Å². The Morgan fingerprint density at radius 3 is 2.11 bits per heavy atom. The van der Waals surface area contributed by atoms with Crippen LogP contribution in [0.2, 0.25) is 0 Å². The molecule has 0 N–H and O–H groups in total. The van der Waals surface area contributed by atoms with E-state index < -0.39 is 0 Å². The molecule has 5 heteroatoms. The number of methoxy groups -OCH3 is 1. The Hall–Kier alpha value is -3.15. The van der Waals surface area contributed by atoms with Crippen LogP contribution in [0.15, 0.2) is 72.8 Å². The molecule has 0 radical (unpaired) electrons. The van der Waals surface area contributed by atoms with E-state index in [-0.39, 0.29) is 5.78 Å². The molecule has 4 aromatic rings. The van der Waals surface area contributed by atoms with Gasteiger partial charge in [0.1, 0.15) is 18.1 Å². The van der Waals surface area contributed by atoms with E-state index in [1.807, 2.05) is 66.7 Å². The fraction of sp³-hybridized carbons (Fsp3) is 0.300. The first-order valence-electron chi connectivity index (χ1n) is 12.1. The predicted molar refractivity (Wildman–Crippen MR) is 146 cm³/mol. The van der Waals surface area contributed by atoms with E-state index in [9.17, 15) is 4.79 Å². The number of rotatable bonds is 10. The fourth-order valence-electron chi connectivity index (χ4n) is 4.45. The van der Waals surface area contributed by atoms with Gasteiger partial charge in [0.25, 0.3) is 0 Å². The quantitative estimate of drug-likeness (QED) is 0.220. The molecule has 0 bridgehead atoms. The Bertz CT molecular complexity index is 1270. The molecule has 4 nitrogen and oxygen atoms in total. The van der Waals surface area contributed by atoms with E-state index in [0.29, 0.717) is 24.3 Å². The second-order valence-corrected chi connectivity index (χ2v) is 10.2. The van der Waals surface area contributed by atoms with Gasteiger partial charge in [-0.15, -0.1) is 11.3 Å². The smallest absolute Gasteiger partial charge is 0.195 e. The van der Waals surface area contributed by atoms with Crippen LogP contribution in [0.4, 0.5) is 0 Å². The van der Waals surface area contributed by atoms with Crippen LogP contribution in [-0.4, -0.2) is 43.0 Å². The molecule has 0 fully saturated rings. The largest absolute Gasteiger partial charge is 0.497 e. The average Bonchev–Trinajstić information content (AvgIpc) is 3.25. The van der Waals surface area contributed by atoms with Crippen molar-refractivity contribution in [2.45, 2.75) is 39.8 Å². The maximum atomic E-state index is 13.7. The summed E-state index contributed by atoms with van der Waals surface area (Å²) in [5, 5.41) is 0.983. The topological polar surface area (TPSA) is 38.8 Å². The first-order chi connectivity index (χ1) is 16.9. The lowest BCUT2D eigenvalue weighted by Gasteiger charge is -2.30.